The number of carboxylic acid groups (broad SMARTS) is 1. The summed E-state index contributed by atoms with van der Waals surface area (Å²) in [5, 5.41) is 14.4. The van der Waals surface area contributed by atoms with Gasteiger partial charge in [0.1, 0.15) is 29.7 Å². The minimum absolute atomic E-state index is 0. The van der Waals surface area contributed by atoms with Gasteiger partial charge in [0.2, 0.25) is 17.7 Å². The number of nitrogens with one attached hydrogen (secondary N) is 1. The number of thioether (sulfide) groups is 1. The third-order valence-electron chi connectivity index (χ3n) is 7.40. The van der Waals surface area contributed by atoms with Crippen LogP contribution in [-0.2, 0) is 19.2 Å². The molecule has 3 aromatic rings. The van der Waals surface area contributed by atoms with Gasteiger partial charge in [-0.1, -0.05) is 54.6 Å². The zero-order chi connectivity index (χ0) is 30.0. The van der Waals surface area contributed by atoms with Gasteiger partial charge >= 0.3 is 5.97 Å². The van der Waals surface area contributed by atoms with Gasteiger partial charge in [0.05, 0.1) is 17.5 Å². The van der Waals surface area contributed by atoms with E-state index in [9.17, 15) is 19.2 Å². The van der Waals surface area contributed by atoms with Crippen LogP contribution in [0.25, 0.3) is 0 Å². The highest BCUT2D eigenvalue weighted by atomic mass is 79.9. The highest BCUT2D eigenvalue weighted by Gasteiger charge is 2.44. The van der Waals surface area contributed by atoms with Crippen LogP contribution in [-0.4, -0.2) is 70.0 Å². The molecule has 1 fully saturated rings. The van der Waals surface area contributed by atoms with E-state index in [2.05, 4.69) is 78.1 Å². The number of likely N-dealkylation sites (tertiary alicyclic amines) is 1. The van der Waals surface area contributed by atoms with Gasteiger partial charge < -0.3 is 33.1 Å². The van der Waals surface area contributed by atoms with Crippen LogP contribution in [0, 0.1) is 0 Å². The summed E-state index contributed by atoms with van der Waals surface area (Å²) in [5.74, 6) is -2.10. The van der Waals surface area contributed by atoms with Crippen molar-refractivity contribution in [2.75, 3.05) is 25.0 Å². The number of carbonyl (C=O) groups excluding carboxylic acids is 3. The Morgan fingerprint density at radius 1 is 0.884 bits per heavy atom. The molecule has 0 spiro atoms. The van der Waals surface area contributed by atoms with E-state index in [1.165, 1.54) is 32.6 Å². The van der Waals surface area contributed by atoms with Gasteiger partial charge in [0.25, 0.3) is 0 Å². The molecule has 11 heteroatoms. The molecule has 1 saturated heterocycles. The average Bonchev–Trinajstić information content (AvgIpc) is 3.29. The maximum atomic E-state index is 13.0. The molecular weight excluding hydrogens is 649 g/mol. The lowest BCUT2D eigenvalue weighted by Crippen LogP contribution is -3.00. The number of nitrogens with zero attached hydrogens (tertiary/aromatic N) is 1. The normalized spacial score (nSPS) is 15.6. The number of hydrogen-bond acceptors (Lipinski definition) is 6. The highest BCUT2D eigenvalue weighted by Crippen LogP contribution is 2.56. The van der Waals surface area contributed by atoms with Crippen molar-refractivity contribution in [3.8, 4) is 0 Å². The Balaban J connectivity index is 0.00000506. The fourth-order valence-corrected chi connectivity index (χ4v) is 10.8. The molecule has 4 N–H and O–H groups in total. The summed E-state index contributed by atoms with van der Waals surface area (Å²) in [4.78, 5) is 49.5. The van der Waals surface area contributed by atoms with Crippen LogP contribution in [0.4, 0.5) is 0 Å². The number of halogens is 1. The van der Waals surface area contributed by atoms with Crippen molar-refractivity contribution in [1.82, 2.24) is 10.2 Å². The molecule has 4 rings (SSSR count). The number of nitrogens with two attached hydrogens (primary N) is 1. The van der Waals surface area contributed by atoms with Gasteiger partial charge in [-0.2, -0.15) is 0 Å². The van der Waals surface area contributed by atoms with Crippen LogP contribution < -0.4 is 43.9 Å². The predicted molar refractivity (Wildman–Crippen MR) is 170 cm³/mol. The summed E-state index contributed by atoms with van der Waals surface area (Å²) < 4.78 is 0. The van der Waals surface area contributed by atoms with E-state index in [-0.39, 0.29) is 41.0 Å². The lowest BCUT2D eigenvalue weighted by Gasteiger charge is -2.27. The quantitative estimate of drug-likeness (QED) is 0.112. The van der Waals surface area contributed by atoms with E-state index in [0.717, 1.165) is 19.0 Å². The summed E-state index contributed by atoms with van der Waals surface area (Å²) in [7, 11) is -1.92. The fourth-order valence-electron chi connectivity index (χ4n) is 5.28. The SMILES string of the molecule is NC(CSC1CC(=O)N(CCCCC[P+](c2ccccc2)(c2ccccc2)c2ccccc2)C1=O)C(=O)NCC(=O)O.[Br-]. The van der Waals surface area contributed by atoms with Crippen LogP contribution in [0.1, 0.15) is 25.7 Å². The van der Waals surface area contributed by atoms with Crippen molar-refractivity contribution in [2.24, 2.45) is 5.73 Å². The number of amides is 3. The minimum atomic E-state index is -1.92. The van der Waals surface area contributed by atoms with Crippen molar-refractivity contribution < 1.29 is 41.3 Å². The lowest BCUT2D eigenvalue weighted by molar-refractivity contribution is -0.139. The summed E-state index contributed by atoms with van der Waals surface area (Å²) in [6, 6.07) is 31.2. The lowest BCUT2D eigenvalue weighted by atomic mass is 10.2. The van der Waals surface area contributed by atoms with Crippen LogP contribution >= 0.6 is 19.0 Å². The topological polar surface area (TPSA) is 130 Å². The summed E-state index contributed by atoms with van der Waals surface area (Å²) in [5.41, 5.74) is 5.84. The number of carbonyl (C=O) groups is 4. The molecule has 1 aliphatic heterocycles. The maximum Gasteiger partial charge on any atom is 0.322 e. The van der Waals surface area contributed by atoms with E-state index in [4.69, 9.17) is 10.8 Å². The largest absolute Gasteiger partial charge is 1.00 e. The molecule has 0 radical (unpaired) electrons. The molecule has 0 saturated carbocycles. The molecule has 0 aliphatic carbocycles. The molecule has 3 aromatic carbocycles. The molecule has 228 valence electrons. The number of carboxylic acids is 1. The number of rotatable bonds is 15. The maximum absolute atomic E-state index is 13.0. The van der Waals surface area contributed by atoms with E-state index >= 15 is 0 Å². The Hall–Kier alpha value is -3.04. The molecule has 8 nitrogen and oxygen atoms in total. The Kier molecular flexibility index (Phi) is 13.4. The first-order valence-electron chi connectivity index (χ1n) is 14.1. The van der Waals surface area contributed by atoms with Gasteiger partial charge in [0.15, 0.2) is 0 Å². The Morgan fingerprint density at radius 3 is 1.88 bits per heavy atom. The van der Waals surface area contributed by atoms with E-state index in [1.54, 1.807) is 0 Å². The molecule has 1 aliphatic rings. The molecular formula is C32H37BrN3O5PS. The Labute approximate surface area is 267 Å². The third-order valence-corrected chi connectivity index (χ3v) is 13.2. The van der Waals surface area contributed by atoms with E-state index < -0.39 is 37.0 Å². The number of imide groups is 1. The molecule has 0 bridgehead atoms. The van der Waals surface area contributed by atoms with Gasteiger partial charge in [-0.15, -0.1) is 11.8 Å². The van der Waals surface area contributed by atoms with Crippen LogP contribution in [0.5, 0.6) is 0 Å². The van der Waals surface area contributed by atoms with E-state index in [0.29, 0.717) is 13.0 Å². The first-order valence-corrected chi connectivity index (χ1v) is 17.1. The zero-order valence-electron chi connectivity index (χ0n) is 23.8. The fraction of sp³-hybridized carbons (Fsp3) is 0.312. The van der Waals surface area contributed by atoms with Crippen LogP contribution in [0.3, 0.4) is 0 Å². The molecule has 3 amide bonds. The number of hydrogen-bond donors (Lipinski definition) is 3. The second-order valence-electron chi connectivity index (χ2n) is 10.2. The second-order valence-corrected chi connectivity index (χ2v) is 15.1. The van der Waals surface area contributed by atoms with Crippen molar-refractivity contribution in [1.29, 1.82) is 0 Å². The minimum Gasteiger partial charge on any atom is -1.00 e. The second kappa shape index (κ2) is 16.7. The Bertz CT molecular complexity index is 1270. The van der Waals surface area contributed by atoms with Crippen molar-refractivity contribution in [3.63, 3.8) is 0 Å². The average molecular weight is 687 g/mol. The highest BCUT2D eigenvalue weighted by molar-refractivity contribution is 8.00. The van der Waals surface area contributed by atoms with E-state index in [1.807, 2.05) is 18.2 Å². The summed E-state index contributed by atoms with van der Waals surface area (Å²) in [6.45, 7) is -0.148. The zero-order valence-corrected chi connectivity index (χ0v) is 27.1. The smallest absolute Gasteiger partial charge is 0.322 e. The number of benzene rings is 3. The van der Waals surface area contributed by atoms with Gasteiger partial charge in [-0.3, -0.25) is 24.1 Å². The summed E-state index contributed by atoms with van der Waals surface area (Å²) >= 11 is 1.17. The standard InChI is InChI=1S/C32H36N3O5PS.BrH/c33-27(31(39)34-22-30(37)38)23-42-28-21-29(36)35(32(28)40)19-11-4-12-20-41(24-13-5-1-6-14-24,25-15-7-2-8-16-25)26-17-9-3-10-18-26;/h1-3,5-10,13-18,27-28H,4,11-12,19-23,33H2,(H-,34,37,38,39);1H. The van der Waals surface area contributed by atoms with Gasteiger partial charge in [0, 0.05) is 18.7 Å². The molecule has 1 heterocycles. The monoisotopic (exact) mass is 685 g/mol. The van der Waals surface area contributed by atoms with Gasteiger partial charge in [-0.25, -0.2) is 0 Å². The number of aliphatic carboxylic acids is 1. The van der Waals surface area contributed by atoms with Crippen molar-refractivity contribution >= 4 is 58.6 Å². The first kappa shape index (κ1) is 34.5. The first-order chi connectivity index (χ1) is 20.3. The Morgan fingerprint density at radius 2 is 1.40 bits per heavy atom. The summed E-state index contributed by atoms with van der Waals surface area (Å²) in [6.07, 6.45) is 3.59. The predicted octanol–water partition coefficient (Wildman–Crippen LogP) is -0.456. The molecule has 0 aromatic heterocycles. The van der Waals surface area contributed by atoms with Crippen LogP contribution in [0.15, 0.2) is 91.0 Å². The van der Waals surface area contributed by atoms with Crippen molar-refractivity contribution in [2.45, 2.75) is 37.0 Å². The van der Waals surface area contributed by atoms with Crippen molar-refractivity contribution in [3.05, 3.63) is 91.0 Å². The third kappa shape index (κ3) is 8.76. The molecule has 2 atom stereocenters. The molecule has 2 unspecified atom stereocenters. The van der Waals surface area contributed by atoms with Gasteiger partial charge in [-0.05, 0) is 55.7 Å². The number of unbranched alkanes of at least 4 members (excludes halogenated alkanes) is 2. The van der Waals surface area contributed by atoms with Crippen LogP contribution in [0.2, 0.25) is 0 Å². The molecule has 43 heavy (non-hydrogen) atoms.